The number of aryl methyl sites for hydroxylation is 1. The number of carbonyl (C=O) groups excluding carboxylic acids is 1. The zero-order valence-corrected chi connectivity index (χ0v) is 10.7. The van der Waals surface area contributed by atoms with Gasteiger partial charge in [0.25, 0.3) is 5.91 Å². The average Bonchev–Trinajstić information content (AvgIpc) is 2.28. The minimum atomic E-state index is -0.0812. The number of amides is 1. The van der Waals surface area contributed by atoms with Crippen LogP contribution in [0.15, 0.2) is 18.2 Å². The Bertz CT molecular complexity index is 388. The summed E-state index contributed by atoms with van der Waals surface area (Å²) >= 11 is 0. The highest BCUT2D eigenvalue weighted by atomic mass is 16.1. The number of hydrogen-bond donors (Lipinski definition) is 3. The number of carbonyl (C=O) groups is 1. The molecule has 4 nitrogen and oxygen atoms in total. The summed E-state index contributed by atoms with van der Waals surface area (Å²) in [5.74, 6) is 5.89. The number of hydrogen-bond acceptors (Lipinski definition) is 3. The van der Waals surface area contributed by atoms with Gasteiger partial charge in [-0.15, -0.1) is 0 Å². The van der Waals surface area contributed by atoms with E-state index in [1.807, 2.05) is 25.1 Å². The topological polar surface area (TPSA) is 67.1 Å². The highest BCUT2D eigenvalue weighted by Gasteiger charge is 2.10. The van der Waals surface area contributed by atoms with Gasteiger partial charge in [0.1, 0.15) is 0 Å². The zero-order valence-electron chi connectivity index (χ0n) is 10.7. The van der Waals surface area contributed by atoms with E-state index in [9.17, 15) is 4.79 Å². The van der Waals surface area contributed by atoms with Crippen molar-refractivity contribution in [3.8, 4) is 0 Å². The Labute approximate surface area is 103 Å². The smallest absolute Gasteiger partial charge is 0.253 e. The van der Waals surface area contributed by atoms with Crippen LogP contribution >= 0.6 is 0 Å². The van der Waals surface area contributed by atoms with Crippen LogP contribution in [0.3, 0.4) is 0 Å². The summed E-state index contributed by atoms with van der Waals surface area (Å²) in [5.41, 5.74) is 4.83. The number of anilines is 1. The second-order valence-electron chi connectivity index (χ2n) is 4.63. The van der Waals surface area contributed by atoms with Crippen molar-refractivity contribution in [3.05, 3.63) is 29.3 Å². The Balaban J connectivity index is 2.70. The van der Waals surface area contributed by atoms with Crippen molar-refractivity contribution in [3.63, 3.8) is 0 Å². The third-order valence-electron chi connectivity index (χ3n) is 2.58. The van der Waals surface area contributed by atoms with Crippen molar-refractivity contribution >= 4 is 11.6 Å². The van der Waals surface area contributed by atoms with Gasteiger partial charge in [-0.25, -0.2) is 0 Å². The highest BCUT2D eigenvalue weighted by molar-refractivity contribution is 5.99. The molecule has 0 aliphatic carbocycles. The molecule has 1 aromatic carbocycles. The molecule has 4 heteroatoms. The number of hydrazine groups is 1. The average molecular weight is 235 g/mol. The van der Waals surface area contributed by atoms with Gasteiger partial charge in [0, 0.05) is 6.54 Å². The van der Waals surface area contributed by atoms with Crippen LogP contribution in [0.5, 0.6) is 0 Å². The van der Waals surface area contributed by atoms with Crippen LogP contribution in [-0.2, 0) is 0 Å². The molecule has 0 saturated carbocycles. The van der Waals surface area contributed by atoms with Gasteiger partial charge in [-0.3, -0.25) is 10.6 Å². The molecule has 4 N–H and O–H groups in total. The lowest BCUT2D eigenvalue weighted by atomic mass is 10.1. The predicted molar refractivity (Wildman–Crippen MR) is 70.8 cm³/mol. The first-order chi connectivity index (χ1) is 8.04. The molecule has 1 amide bonds. The fourth-order valence-electron chi connectivity index (χ4n) is 1.54. The van der Waals surface area contributed by atoms with Gasteiger partial charge < -0.3 is 10.7 Å². The standard InChI is InChI=1S/C13H21N3O/c1-9(2)6-7-15-13(17)11-8-10(3)4-5-12(11)16-14/h4-5,8-9,16H,6-7,14H2,1-3H3,(H,15,17). The van der Waals surface area contributed by atoms with Crippen molar-refractivity contribution < 1.29 is 4.79 Å². The van der Waals surface area contributed by atoms with Crippen molar-refractivity contribution in [2.75, 3.05) is 12.0 Å². The summed E-state index contributed by atoms with van der Waals surface area (Å²) in [7, 11) is 0. The maximum Gasteiger partial charge on any atom is 0.253 e. The van der Waals surface area contributed by atoms with Crippen molar-refractivity contribution in [1.29, 1.82) is 0 Å². The fourth-order valence-corrected chi connectivity index (χ4v) is 1.54. The van der Waals surface area contributed by atoms with E-state index in [1.54, 1.807) is 0 Å². The molecular weight excluding hydrogens is 214 g/mol. The molecule has 0 aromatic heterocycles. The number of nitrogens with one attached hydrogen (secondary N) is 2. The molecule has 0 saturated heterocycles. The Hall–Kier alpha value is -1.55. The first-order valence-corrected chi connectivity index (χ1v) is 5.90. The molecule has 17 heavy (non-hydrogen) atoms. The molecule has 94 valence electrons. The van der Waals surface area contributed by atoms with E-state index >= 15 is 0 Å². The molecule has 0 fully saturated rings. The number of benzene rings is 1. The fraction of sp³-hybridized carbons (Fsp3) is 0.462. The summed E-state index contributed by atoms with van der Waals surface area (Å²) in [6.07, 6.45) is 0.975. The summed E-state index contributed by atoms with van der Waals surface area (Å²) in [4.78, 5) is 12.0. The molecule has 0 radical (unpaired) electrons. The van der Waals surface area contributed by atoms with Crippen LogP contribution < -0.4 is 16.6 Å². The van der Waals surface area contributed by atoms with E-state index in [1.165, 1.54) is 0 Å². The third kappa shape index (κ3) is 4.07. The lowest BCUT2D eigenvalue weighted by molar-refractivity contribution is 0.0952. The van der Waals surface area contributed by atoms with Crippen LogP contribution in [0.4, 0.5) is 5.69 Å². The van der Waals surface area contributed by atoms with Crippen molar-refractivity contribution in [1.82, 2.24) is 5.32 Å². The van der Waals surface area contributed by atoms with Gasteiger partial charge in [0.05, 0.1) is 11.3 Å². The van der Waals surface area contributed by atoms with E-state index in [2.05, 4.69) is 24.6 Å². The van der Waals surface area contributed by atoms with Gasteiger partial charge >= 0.3 is 0 Å². The van der Waals surface area contributed by atoms with Crippen LogP contribution in [0, 0.1) is 12.8 Å². The SMILES string of the molecule is Cc1ccc(NN)c(C(=O)NCCC(C)C)c1. The molecule has 0 aliphatic rings. The Morgan fingerprint density at radius 1 is 1.41 bits per heavy atom. The highest BCUT2D eigenvalue weighted by Crippen LogP contribution is 2.16. The van der Waals surface area contributed by atoms with Crippen molar-refractivity contribution in [2.24, 2.45) is 11.8 Å². The Kier molecular flexibility index (Phi) is 4.97. The molecule has 1 aromatic rings. The van der Waals surface area contributed by atoms with Crippen molar-refractivity contribution in [2.45, 2.75) is 27.2 Å². The predicted octanol–water partition coefficient (Wildman–Crippen LogP) is 2.06. The minimum Gasteiger partial charge on any atom is -0.352 e. The summed E-state index contributed by atoms with van der Waals surface area (Å²) in [5, 5.41) is 2.90. The largest absolute Gasteiger partial charge is 0.352 e. The van der Waals surface area contributed by atoms with Crippen LogP contribution in [0.1, 0.15) is 36.2 Å². The number of nitrogen functional groups attached to an aromatic ring is 1. The second-order valence-corrected chi connectivity index (χ2v) is 4.63. The molecule has 0 atom stereocenters. The molecule has 0 unspecified atom stereocenters. The first-order valence-electron chi connectivity index (χ1n) is 5.90. The van der Waals surface area contributed by atoms with Gasteiger partial charge in [-0.2, -0.15) is 0 Å². The molecule has 0 aliphatic heterocycles. The first kappa shape index (κ1) is 13.5. The molecule has 0 heterocycles. The van der Waals surface area contributed by atoms with E-state index in [0.717, 1.165) is 12.0 Å². The lowest BCUT2D eigenvalue weighted by Gasteiger charge is -2.11. The maximum atomic E-state index is 12.0. The van der Waals surface area contributed by atoms with Gasteiger partial charge in [-0.05, 0) is 31.4 Å². The van der Waals surface area contributed by atoms with E-state index in [4.69, 9.17) is 5.84 Å². The molecule has 0 spiro atoms. The molecule has 0 bridgehead atoms. The zero-order chi connectivity index (χ0) is 12.8. The van der Waals surface area contributed by atoms with E-state index < -0.39 is 0 Å². The van der Waals surface area contributed by atoms with E-state index in [-0.39, 0.29) is 5.91 Å². The number of rotatable bonds is 5. The quantitative estimate of drug-likeness (QED) is 0.540. The molecular formula is C13H21N3O. The minimum absolute atomic E-state index is 0.0812. The van der Waals surface area contributed by atoms with E-state index in [0.29, 0.717) is 23.7 Å². The summed E-state index contributed by atoms with van der Waals surface area (Å²) in [6, 6.07) is 5.56. The van der Waals surface area contributed by atoms with Crippen LogP contribution in [0.2, 0.25) is 0 Å². The van der Waals surface area contributed by atoms with Gasteiger partial charge in [0.2, 0.25) is 0 Å². The Morgan fingerprint density at radius 3 is 2.71 bits per heavy atom. The van der Waals surface area contributed by atoms with Crippen LogP contribution in [0.25, 0.3) is 0 Å². The van der Waals surface area contributed by atoms with Gasteiger partial charge in [-0.1, -0.05) is 25.5 Å². The third-order valence-corrected chi connectivity index (χ3v) is 2.58. The number of nitrogens with two attached hydrogens (primary N) is 1. The lowest BCUT2D eigenvalue weighted by Crippen LogP contribution is -2.27. The monoisotopic (exact) mass is 235 g/mol. The summed E-state index contributed by atoms with van der Waals surface area (Å²) < 4.78 is 0. The molecule has 1 rings (SSSR count). The Morgan fingerprint density at radius 2 is 2.12 bits per heavy atom. The maximum absolute atomic E-state index is 12.0. The van der Waals surface area contributed by atoms with Gasteiger partial charge in [0.15, 0.2) is 0 Å². The summed E-state index contributed by atoms with van der Waals surface area (Å²) in [6.45, 7) is 6.90. The van der Waals surface area contributed by atoms with Crippen LogP contribution in [-0.4, -0.2) is 12.5 Å². The second kappa shape index (κ2) is 6.25. The normalized spacial score (nSPS) is 10.4.